The first kappa shape index (κ1) is 14.5. The molecule has 3 heteroatoms. The van der Waals surface area contributed by atoms with Crippen molar-refractivity contribution in [2.45, 2.75) is 85.1 Å². The van der Waals surface area contributed by atoms with Crippen molar-refractivity contribution in [3.05, 3.63) is 11.4 Å². The number of nitrogens with one attached hydrogen (secondary N) is 1. The van der Waals surface area contributed by atoms with Crippen LogP contribution in [-0.2, 0) is 12.0 Å². The topological polar surface area (TPSA) is 32.6 Å². The first-order chi connectivity index (χ1) is 8.71. The largest absolute Gasteiger partial charge is 0.225 e. The van der Waals surface area contributed by atoms with Crippen molar-refractivity contribution in [1.29, 1.82) is 0 Å². The zero-order chi connectivity index (χ0) is 14.3. The highest BCUT2D eigenvalue weighted by Gasteiger charge is 2.39. The van der Waals surface area contributed by atoms with E-state index in [0.29, 0.717) is 5.92 Å². The molecular formula is C16H30N3+. The van der Waals surface area contributed by atoms with Crippen LogP contribution in [-0.4, -0.2) is 10.3 Å². The number of aromatic nitrogens is 3. The molecule has 0 aliphatic heterocycles. The molecule has 0 fully saturated rings. The van der Waals surface area contributed by atoms with Crippen LogP contribution in [0, 0.1) is 5.41 Å². The molecule has 1 aromatic heterocycles. The second-order valence-electron chi connectivity index (χ2n) is 8.07. The molecule has 0 spiro atoms. The summed E-state index contributed by atoms with van der Waals surface area (Å²) in [6.45, 7) is 13.8. The van der Waals surface area contributed by atoms with E-state index in [-0.39, 0.29) is 11.0 Å². The summed E-state index contributed by atoms with van der Waals surface area (Å²) in [4.78, 5) is 0. The zero-order valence-corrected chi connectivity index (χ0v) is 13.5. The number of hydrogen-bond acceptors (Lipinski definition) is 1. The molecule has 0 amide bonds. The van der Waals surface area contributed by atoms with Crippen molar-refractivity contribution in [1.82, 2.24) is 10.3 Å². The van der Waals surface area contributed by atoms with Crippen molar-refractivity contribution < 1.29 is 4.68 Å². The highest BCUT2D eigenvalue weighted by atomic mass is 15.5. The third-order valence-corrected chi connectivity index (χ3v) is 4.29. The fourth-order valence-electron chi connectivity index (χ4n) is 3.21. The van der Waals surface area contributed by atoms with E-state index in [1.165, 1.54) is 37.1 Å². The van der Waals surface area contributed by atoms with Crippen LogP contribution in [0.2, 0.25) is 0 Å². The van der Waals surface area contributed by atoms with Crippen LogP contribution in [0.25, 0.3) is 0 Å². The lowest BCUT2D eigenvalue weighted by molar-refractivity contribution is -0.811. The minimum Gasteiger partial charge on any atom is -0.154 e. The molecule has 2 rings (SSSR count). The summed E-state index contributed by atoms with van der Waals surface area (Å²) in [5.74, 6) is 0.572. The summed E-state index contributed by atoms with van der Waals surface area (Å²) in [6, 6.07) is 0. The molecule has 1 atom stereocenters. The summed E-state index contributed by atoms with van der Waals surface area (Å²) < 4.78 is 2.28. The second kappa shape index (κ2) is 4.92. The predicted molar refractivity (Wildman–Crippen MR) is 78.1 cm³/mol. The average Bonchev–Trinajstić information content (AvgIpc) is 2.58. The van der Waals surface area contributed by atoms with E-state index in [9.17, 15) is 0 Å². The normalized spacial score (nSPS) is 21.7. The van der Waals surface area contributed by atoms with Gasteiger partial charge in [0, 0.05) is 17.4 Å². The third-order valence-electron chi connectivity index (χ3n) is 4.29. The van der Waals surface area contributed by atoms with E-state index in [0.717, 1.165) is 6.42 Å². The lowest BCUT2D eigenvalue weighted by Crippen LogP contribution is -2.54. The SMILES string of the molecule is CC(C)(C)C1CCCCCc2c1n[nH][n+]2C(C)(C)C. The Morgan fingerprint density at radius 1 is 1.05 bits per heavy atom. The Hall–Kier alpha value is -0.860. The first-order valence-electron chi connectivity index (χ1n) is 7.71. The van der Waals surface area contributed by atoms with Crippen LogP contribution < -0.4 is 4.68 Å². The molecule has 1 aromatic rings. The number of fused-ring (bicyclic) bond motifs is 1. The van der Waals surface area contributed by atoms with Gasteiger partial charge in [-0.25, -0.2) is 0 Å². The molecule has 1 N–H and O–H groups in total. The fourth-order valence-corrected chi connectivity index (χ4v) is 3.21. The van der Waals surface area contributed by atoms with Gasteiger partial charge in [-0.1, -0.05) is 38.8 Å². The molecule has 1 heterocycles. The van der Waals surface area contributed by atoms with E-state index in [2.05, 4.69) is 51.4 Å². The average molecular weight is 264 g/mol. The lowest BCUT2D eigenvalue weighted by Gasteiger charge is -2.29. The van der Waals surface area contributed by atoms with E-state index in [4.69, 9.17) is 5.10 Å². The van der Waals surface area contributed by atoms with Gasteiger partial charge in [-0.15, -0.1) is 0 Å². The standard InChI is InChI=1S/C16H29N3/c1-15(2,3)12-10-8-7-9-11-13-14(12)17-18-19(13)16(4,5)6/h12H,7-11H2,1-6H3/p+1. The smallest absolute Gasteiger partial charge is 0.154 e. The second-order valence-corrected chi connectivity index (χ2v) is 8.07. The Morgan fingerprint density at radius 2 is 1.74 bits per heavy atom. The van der Waals surface area contributed by atoms with E-state index >= 15 is 0 Å². The van der Waals surface area contributed by atoms with Crippen LogP contribution in [0.5, 0.6) is 0 Å². The van der Waals surface area contributed by atoms with Crippen molar-refractivity contribution in [2.24, 2.45) is 5.41 Å². The first-order valence-corrected chi connectivity index (χ1v) is 7.71. The molecule has 1 unspecified atom stereocenters. The maximum atomic E-state index is 4.71. The molecule has 0 bridgehead atoms. The van der Waals surface area contributed by atoms with E-state index in [1.54, 1.807) is 0 Å². The highest BCUT2D eigenvalue weighted by Crippen LogP contribution is 2.40. The maximum absolute atomic E-state index is 4.71. The van der Waals surface area contributed by atoms with Crippen molar-refractivity contribution >= 4 is 0 Å². The van der Waals surface area contributed by atoms with E-state index < -0.39 is 0 Å². The van der Waals surface area contributed by atoms with Crippen molar-refractivity contribution in [2.75, 3.05) is 0 Å². The number of H-pyrrole nitrogens is 1. The van der Waals surface area contributed by atoms with Gasteiger partial charge in [-0.2, -0.15) is 4.68 Å². The molecular weight excluding hydrogens is 234 g/mol. The van der Waals surface area contributed by atoms with Crippen LogP contribution in [0.1, 0.15) is 84.5 Å². The van der Waals surface area contributed by atoms with Gasteiger partial charge in [-0.05, 0) is 39.0 Å². The minimum atomic E-state index is 0.0855. The molecule has 108 valence electrons. The molecule has 0 saturated heterocycles. The van der Waals surface area contributed by atoms with Gasteiger partial charge < -0.3 is 0 Å². The van der Waals surface area contributed by atoms with Crippen LogP contribution in [0.4, 0.5) is 0 Å². The number of rotatable bonds is 0. The lowest BCUT2D eigenvalue weighted by atomic mass is 9.74. The van der Waals surface area contributed by atoms with Gasteiger partial charge in [0.25, 0.3) is 0 Å². The Bertz CT molecular complexity index is 432. The minimum absolute atomic E-state index is 0.0855. The van der Waals surface area contributed by atoms with Gasteiger partial charge in [0.05, 0.1) is 0 Å². The molecule has 0 radical (unpaired) electrons. The predicted octanol–water partition coefficient (Wildman–Crippen LogP) is 3.70. The molecule has 19 heavy (non-hydrogen) atoms. The number of nitrogens with zero attached hydrogens (tertiary/aromatic N) is 2. The van der Waals surface area contributed by atoms with Crippen LogP contribution >= 0.6 is 0 Å². The van der Waals surface area contributed by atoms with Crippen molar-refractivity contribution in [3.8, 4) is 0 Å². The van der Waals surface area contributed by atoms with Gasteiger partial charge in [0.1, 0.15) is 5.54 Å². The fraction of sp³-hybridized carbons (Fsp3) is 0.875. The van der Waals surface area contributed by atoms with Gasteiger partial charge in [-0.3, -0.25) is 0 Å². The number of aromatic amines is 1. The van der Waals surface area contributed by atoms with Gasteiger partial charge >= 0.3 is 0 Å². The third kappa shape index (κ3) is 3.01. The van der Waals surface area contributed by atoms with E-state index in [1.807, 2.05) is 0 Å². The number of hydrogen-bond donors (Lipinski definition) is 1. The molecule has 1 aliphatic carbocycles. The van der Waals surface area contributed by atoms with Gasteiger partial charge in [0.15, 0.2) is 5.69 Å². The van der Waals surface area contributed by atoms with Crippen molar-refractivity contribution in [3.63, 3.8) is 0 Å². The molecule has 1 aliphatic rings. The Labute approximate surface area is 117 Å². The highest BCUT2D eigenvalue weighted by molar-refractivity contribution is 5.15. The summed E-state index contributed by atoms with van der Waals surface area (Å²) in [6.07, 6.45) is 6.41. The van der Waals surface area contributed by atoms with Gasteiger partial charge in [0.2, 0.25) is 5.69 Å². The summed E-state index contributed by atoms with van der Waals surface area (Å²) in [5, 5.41) is 7.99. The van der Waals surface area contributed by atoms with Crippen LogP contribution in [0.15, 0.2) is 0 Å². The Kier molecular flexibility index (Phi) is 3.76. The quantitative estimate of drug-likeness (QED) is 0.712. The Morgan fingerprint density at radius 3 is 2.32 bits per heavy atom. The van der Waals surface area contributed by atoms with Crippen LogP contribution in [0.3, 0.4) is 0 Å². The monoisotopic (exact) mass is 264 g/mol. The summed E-state index contributed by atoms with van der Waals surface area (Å²) >= 11 is 0. The Balaban J connectivity index is 2.49. The molecule has 3 nitrogen and oxygen atoms in total. The maximum Gasteiger partial charge on any atom is 0.225 e. The molecule has 0 saturated carbocycles. The molecule has 0 aromatic carbocycles. The summed E-state index contributed by atoms with van der Waals surface area (Å²) in [5.41, 5.74) is 3.13. The summed E-state index contributed by atoms with van der Waals surface area (Å²) in [7, 11) is 0. The zero-order valence-electron chi connectivity index (χ0n) is 13.5.